The summed E-state index contributed by atoms with van der Waals surface area (Å²) in [6.07, 6.45) is 0. The molecule has 37 heavy (non-hydrogen) atoms. The molecule has 0 saturated carbocycles. The first-order valence-corrected chi connectivity index (χ1v) is 12.0. The minimum absolute atomic E-state index is 0.0717. The van der Waals surface area contributed by atoms with Crippen LogP contribution in [0.1, 0.15) is 34.6 Å². The summed E-state index contributed by atoms with van der Waals surface area (Å²) in [5, 5.41) is 5.17. The predicted molar refractivity (Wildman–Crippen MR) is 144 cm³/mol. The molecular formula is C27H28N4O5S. The SMILES string of the molecule is CC(C)C(=O)Nc1ccc(C(=O)NNC(=S)NC(=O)c2ccc(OCCOc3ccccc3)cc2)cc1. The molecule has 0 bridgehead atoms. The molecule has 0 heterocycles. The van der Waals surface area contributed by atoms with Gasteiger partial charge in [-0.05, 0) is 72.9 Å². The molecule has 0 unspecified atom stereocenters. The number of thiocarbonyl (C=S) groups is 1. The number of hydrogen-bond donors (Lipinski definition) is 4. The van der Waals surface area contributed by atoms with Crippen LogP contribution < -0.4 is 31.0 Å². The maximum absolute atomic E-state index is 12.4. The first-order valence-electron chi connectivity index (χ1n) is 11.5. The maximum atomic E-state index is 12.4. The predicted octanol–water partition coefficient (Wildman–Crippen LogP) is 3.69. The molecule has 10 heteroatoms. The number of carbonyl (C=O) groups is 3. The molecule has 0 fully saturated rings. The van der Waals surface area contributed by atoms with Crippen molar-refractivity contribution in [2.75, 3.05) is 18.5 Å². The molecule has 0 spiro atoms. The van der Waals surface area contributed by atoms with Crippen molar-refractivity contribution < 1.29 is 23.9 Å². The highest BCUT2D eigenvalue weighted by atomic mass is 32.1. The van der Waals surface area contributed by atoms with Crippen LogP contribution in [-0.4, -0.2) is 36.0 Å². The van der Waals surface area contributed by atoms with Crippen LogP contribution in [0.2, 0.25) is 0 Å². The molecule has 0 atom stereocenters. The summed E-state index contributed by atoms with van der Waals surface area (Å²) < 4.78 is 11.2. The van der Waals surface area contributed by atoms with Gasteiger partial charge in [0.25, 0.3) is 11.8 Å². The van der Waals surface area contributed by atoms with Gasteiger partial charge in [0.15, 0.2) is 5.11 Å². The summed E-state index contributed by atoms with van der Waals surface area (Å²) in [4.78, 5) is 36.5. The standard InChI is InChI=1S/C27H28N4O5S/c1-18(2)24(32)28-21-12-8-20(9-13-21)26(34)30-31-27(37)29-25(33)19-10-14-23(15-11-19)36-17-16-35-22-6-4-3-5-7-22/h3-15,18H,16-17H2,1-2H3,(H,28,32)(H,30,34)(H2,29,31,33,37). The third-order valence-corrected chi connectivity index (χ3v) is 5.14. The van der Waals surface area contributed by atoms with E-state index >= 15 is 0 Å². The Morgan fingerprint density at radius 1 is 0.730 bits per heavy atom. The second-order valence-electron chi connectivity index (χ2n) is 8.12. The van der Waals surface area contributed by atoms with E-state index in [1.54, 1.807) is 62.4 Å². The second-order valence-corrected chi connectivity index (χ2v) is 8.53. The molecule has 0 aromatic heterocycles. The fourth-order valence-corrected chi connectivity index (χ4v) is 3.07. The lowest BCUT2D eigenvalue weighted by molar-refractivity contribution is -0.118. The summed E-state index contributed by atoms with van der Waals surface area (Å²) in [7, 11) is 0. The van der Waals surface area contributed by atoms with E-state index < -0.39 is 11.8 Å². The number of nitrogens with one attached hydrogen (secondary N) is 4. The number of hydrogen-bond acceptors (Lipinski definition) is 6. The largest absolute Gasteiger partial charge is 0.490 e. The number of rotatable bonds is 9. The van der Waals surface area contributed by atoms with Crippen molar-refractivity contribution in [1.82, 2.24) is 16.2 Å². The molecule has 3 aromatic rings. The van der Waals surface area contributed by atoms with E-state index in [2.05, 4.69) is 21.5 Å². The summed E-state index contributed by atoms with van der Waals surface area (Å²) in [6, 6.07) is 22.3. The molecule has 3 rings (SSSR count). The molecule has 0 aliphatic carbocycles. The number of amides is 3. The minimum atomic E-state index is -0.462. The number of ether oxygens (including phenoxy) is 2. The lowest BCUT2D eigenvalue weighted by Crippen LogP contribution is -2.48. The van der Waals surface area contributed by atoms with Crippen molar-refractivity contribution in [2.24, 2.45) is 5.92 Å². The molecule has 0 saturated heterocycles. The zero-order chi connectivity index (χ0) is 26.6. The monoisotopic (exact) mass is 520 g/mol. The minimum Gasteiger partial charge on any atom is -0.490 e. The fraction of sp³-hybridized carbons (Fsp3) is 0.185. The van der Waals surface area contributed by atoms with Crippen LogP contribution in [-0.2, 0) is 4.79 Å². The van der Waals surface area contributed by atoms with E-state index in [1.807, 2.05) is 30.3 Å². The number of hydrazine groups is 1. The lowest BCUT2D eigenvalue weighted by atomic mass is 10.1. The zero-order valence-corrected chi connectivity index (χ0v) is 21.3. The first kappa shape index (κ1) is 27.2. The number of anilines is 1. The molecule has 4 N–H and O–H groups in total. The second kappa shape index (κ2) is 13.6. The Kier molecular flexibility index (Phi) is 9.98. The van der Waals surface area contributed by atoms with Gasteiger partial charge in [-0.25, -0.2) is 0 Å². The van der Waals surface area contributed by atoms with Crippen molar-refractivity contribution in [3.05, 3.63) is 90.0 Å². The van der Waals surface area contributed by atoms with Crippen LogP contribution in [0.3, 0.4) is 0 Å². The van der Waals surface area contributed by atoms with Gasteiger partial charge in [-0.2, -0.15) is 0 Å². The summed E-state index contributed by atoms with van der Waals surface area (Å²) >= 11 is 5.08. The topological polar surface area (TPSA) is 118 Å². The highest BCUT2D eigenvalue weighted by Crippen LogP contribution is 2.13. The van der Waals surface area contributed by atoms with Crippen molar-refractivity contribution in [1.29, 1.82) is 0 Å². The van der Waals surface area contributed by atoms with Gasteiger partial charge in [0, 0.05) is 22.7 Å². The average Bonchev–Trinajstić information content (AvgIpc) is 2.91. The molecule has 0 radical (unpaired) electrons. The van der Waals surface area contributed by atoms with Gasteiger partial charge in [-0.15, -0.1) is 0 Å². The maximum Gasteiger partial charge on any atom is 0.269 e. The van der Waals surface area contributed by atoms with Crippen LogP contribution >= 0.6 is 12.2 Å². The summed E-state index contributed by atoms with van der Waals surface area (Å²) in [5.74, 6) is 0.183. The third-order valence-electron chi connectivity index (χ3n) is 4.94. The molecule has 3 aromatic carbocycles. The number of benzene rings is 3. The Hall–Kier alpha value is -4.44. The van der Waals surface area contributed by atoms with Crippen LogP contribution in [0.5, 0.6) is 11.5 Å². The molecule has 192 valence electrons. The van der Waals surface area contributed by atoms with Gasteiger partial charge in [0.05, 0.1) is 0 Å². The van der Waals surface area contributed by atoms with Gasteiger partial charge in [-0.3, -0.25) is 30.6 Å². The van der Waals surface area contributed by atoms with Gasteiger partial charge in [-0.1, -0.05) is 32.0 Å². The van der Waals surface area contributed by atoms with Gasteiger partial charge in [0.2, 0.25) is 5.91 Å². The Bertz CT molecular complexity index is 1220. The van der Waals surface area contributed by atoms with Crippen molar-refractivity contribution in [3.8, 4) is 11.5 Å². The Morgan fingerprint density at radius 3 is 1.86 bits per heavy atom. The summed E-state index contributed by atoms with van der Waals surface area (Å²) in [6.45, 7) is 4.32. The smallest absolute Gasteiger partial charge is 0.269 e. The van der Waals surface area contributed by atoms with Crippen molar-refractivity contribution in [3.63, 3.8) is 0 Å². The van der Waals surface area contributed by atoms with Crippen LogP contribution in [0, 0.1) is 5.92 Å². The quantitative estimate of drug-likeness (QED) is 0.193. The van der Waals surface area contributed by atoms with Crippen LogP contribution in [0.4, 0.5) is 5.69 Å². The molecule has 0 aliphatic heterocycles. The van der Waals surface area contributed by atoms with Crippen LogP contribution in [0.25, 0.3) is 0 Å². The number of para-hydroxylation sites is 1. The van der Waals surface area contributed by atoms with E-state index in [9.17, 15) is 14.4 Å². The van der Waals surface area contributed by atoms with E-state index in [4.69, 9.17) is 21.7 Å². The van der Waals surface area contributed by atoms with Gasteiger partial charge in [0.1, 0.15) is 24.7 Å². The Labute approximate surface area is 220 Å². The lowest BCUT2D eigenvalue weighted by Gasteiger charge is -2.12. The third kappa shape index (κ3) is 8.93. The fourth-order valence-electron chi connectivity index (χ4n) is 2.92. The van der Waals surface area contributed by atoms with E-state index in [-0.39, 0.29) is 16.9 Å². The Balaban J connectivity index is 1.38. The number of carbonyl (C=O) groups excluding carboxylic acids is 3. The van der Waals surface area contributed by atoms with Crippen molar-refractivity contribution >= 4 is 40.7 Å². The zero-order valence-electron chi connectivity index (χ0n) is 20.4. The van der Waals surface area contributed by atoms with E-state index in [0.29, 0.717) is 35.8 Å². The molecular weight excluding hydrogens is 492 g/mol. The highest BCUT2D eigenvalue weighted by molar-refractivity contribution is 7.80. The van der Waals surface area contributed by atoms with Gasteiger partial charge >= 0.3 is 0 Å². The summed E-state index contributed by atoms with van der Waals surface area (Å²) in [5.41, 5.74) is 6.20. The van der Waals surface area contributed by atoms with Gasteiger partial charge < -0.3 is 14.8 Å². The highest BCUT2D eigenvalue weighted by Gasteiger charge is 2.11. The molecule has 9 nitrogen and oxygen atoms in total. The average molecular weight is 521 g/mol. The van der Waals surface area contributed by atoms with Crippen LogP contribution in [0.15, 0.2) is 78.9 Å². The van der Waals surface area contributed by atoms with E-state index in [1.165, 1.54) is 0 Å². The Morgan fingerprint density at radius 2 is 1.27 bits per heavy atom. The van der Waals surface area contributed by atoms with E-state index in [0.717, 1.165) is 5.75 Å². The molecule has 3 amide bonds. The van der Waals surface area contributed by atoms with Crippen molar-refractivity contribution in [2.45, 2.75) is 13.8 Å². The molecule has 0 aliphatic rings. The first-order chi connectivity index (χ1) is 17.8. The normalized spacial score (nSPS) is 10.2.